The molecule has 3 aliphatic carbocycles. The van der Waals surface area contributed by atoms with E-state index in [1.165, 1.54) is 19.3 Å². The van der Waals surface area contributed by atoms with Crippen LogP contribution in [0.1, 0.15) is 19.3 Å². The van der Waals surface area contributed by atoms with Crippen molar-refractivity contribution in [2.75, 3.05) is 27.3 Å². The average Bonchev–Trinajstić information content (AvgIpc) is 2.76. The summed E-state index contributed by atoms with van der Waals surface area (Å²) in [7, 11) is 3.63. The van der Waals surface area contributed by atoms with Gasteiger partial charge in [-0.05, 0) is 42.9 Å². The van der Waals surface area contributed by atoms with Gasteiger partial charge in [-0.3, -0.25) is 4.79 Å². The second-order valence-electron chi connectivity index (χ2n) is 6.29. The van der Waals surface area contributed by atoms with E-state index >= 15 is 0 Å². The van der Waals surface area contributed by atoms with Crippen LogP contribution in [0.4, 0.5) is 0 Å². The number of carbonyl (C=O) groups excluding carboxylic acids is 1. The molecule has 102 valence electrons. The number of hydrogen-bond donors (Lipinski definition) is 0. The number of hydrogen-bond acceptors (Lipinski definition) is 2. The highest BCUT2D eigenvalue weighted by molar-refractivity contribution is 9.09. The normalized spacial score (nSPS) is 41.6. The number of ether oxygens (including phenoxy) is 1. The molecule has 0 aromatic heterocycles. The maximum absolute atomic E-state index is 12.4. The van der Waals surface area contributed by atoms with Crippen LogP contribution in [0.5, 0.6) is 0 Å². The summed E-state index contributed by atoms with van der Waals surface area (Å²) in [6, 6.07) is 0. The van der Waals surface area contributed by atoms with Crippen LogP contribution in [0.2, 0.25) is 0 Å². The summed E-state index contributed by atoms with van der Waals surface area (Å²) in [5.74, 6) is 3.98. The lowest BCUT2D eigenvalue weighted by atomic mass is 10.0. The molecular formula is C14H22BrNO2. The average molecular weight is 316 g/mol. The lowest BCUT2D eigenvalue weighted by Crippen LogP contribution is -2.36. The van der Waals surface area contributed by atoms with E-state index in [9.17, 15) is 4.79 Å². The molecule has 5 atom stereocenters. The first-order valence-corrected chi connectivity index (χ1v) is 7.93. The number of carbonyl (C=O) groups is 1. The monoisotopic (exact) mass is 315 g/mol. The van der Waals surface area contributed by atoms with Gasteiger partial charge < -0.3 is 9.64 Å². The van der Waals surface area contributed by atoms with Crippen molar-refractivity contribution >= 4 is 21.8 Å². The third kappa shape index (κ3) is 2.01. The van der Waals surface area contributed by atoms with E-state index in [0.717, 1.165) is 30.2 Å². The smallest absolute Gasteiger partial charge is 0.226 e. The standard InChI is InChI=1S/C14H22BrNO2/c1-16(6-10(15)7-18-2)14(17)13-11-8-3-4-9(5-8)12(11)13/h8-13H,3-7H2,1-2H3. The lowest BCUT2D eigenvalue weighted by Gasteiger charge is -2.21. The van der Waals surface area contributed by atoms with E-state index in [0.29, 0.717) is 18.4 Å². The molecule has 2 bridgehead atoms. The molecule has 0 saturated heterocycles. The molecule has 0 N–H and O–H groups in total. The number of rotatable bonds is 5. The first-order valence-electron chi connectivity index (χ1n) is 7.01. The molecule has 5 unspecified atom stereocenters. The molecule has 0 aliphatic heterocycles. The number of halogens is 1. The Balaban J connectivity index is 1.53. The number of alkyl halides is 1. The summed E-state index contributed by atoms with van der Waals surface area (Å²) in [6.07, 6.45) is 4.17. The fourth-order valence-electron chi connectivity index (χ4n) is 4.53. The van der Waals surface area contributed by atoms with Crippen LogP contribution in [-0.4, -0.2) is 42.9 Å². The molecule has 0 heterocycles. The number of methoxy groups -OCH3 is 1. The molecule has 3 fully saturated rings. The molecule has 1 amide bonds. The van der Waals surface area contributed by atoms with Crippen LogP contribution in [0, 0.1) is 29.6 Å². The Hall–Kier alpha value is -0.0900. The second-order valence-corrected chi connectivity index (χ2v) is 7.58. The van der Waals surface area contributed by atoms with Gasteiger partial charge >= 0.3 is 0 Å². The van der Waals surface area contributed by atoms with Crippen molar-refractivity contribution in [1.29, 1.82) is 0 Å². The SMILES string of the molecule is COCC(Br)CN(C)C(=O)C1C2C3CCC(C3)C12. The first kappa shape index (κ1) is 12.9. The lowest BCUT2D eigenvalue weighted by molar-refractivity contribution is -0.132. The summed E-state index contributed by atoms with van der Waals surface area (Å²) in [5, 5.41) is 0. The highest BCUT2D eigenvalue weighted by Crippen LogP contribution is 2.69. The Bertz CT molecular complexity index is 333. The van der Waals surface area contributed by atoms with E-state index in [1.54, 1.807) is 7.11 Å². The van der Waals surface area contributed by atoms with Gasteiger partial charge in [0.2, 0.25) is 5.91 Å². The molecule has 0 spiro atoms. The Morgan fingerprint density at radius 1 is 1.39 bits per heavy atom. The fourth-order valence-corrected chi connectivity index (χ4v) is 5.23. The van der Waals surface area contributed by atoms with Crippen molar-refractivity contribution in [3.05, 3.63) is 0 Å². The van der Waals surface area contributed by atoms with E-state index in [-0.39, 0.29) is 4.83 Å². The number of amides is 1. The van der Waals surface area contributed by atoms with Crippen molar-refractivity contribution in [3.63, 3.8) is 0 Å². The topological polar surface area (TPSA) is 29.5 Å². The third-order valence-corrected chi connectivity index (χ3v) is 5.77. The van der Waals surface area contributed by atoms with Crippen molar-refractivity contribution in [2.45, 2.75) is 24.1 Å². The Morgan fingerprint density at radius 3 is 2.56 bits per heavy atom. The van der Waals surface area contributed by atoms with Gasteiger partial charge in [-0.15, -0.1) is 0 Å². The van der Waals surface area contributed by atoms with Crippen molar-refractivity contribution in [3.8, 4) is 0 Å². The molecule has 0 aromatic carbocycles. The molecule has 4 heteroatoms. The van der Waals surface area contributed by atoms with E-state index in [4.69, 9.17) is 4.74 Å². The first-order chi connectivity index (χ1) is 8.63. The molecule has 3 aliphatic rings. The summed E-state index contributed by atoms with van der Waals surface area (Å²) in [4.78, 5) is 14.6. The number of nitrogens with zero attached hydrogens (tertiary/aromatic N) is 1. The Kier molecular flexibility index (Phi) is 3.43. The van der Waals surface area contributed by atoms with Gasteiger partial charge in [0, 0.05) is 26.6 Å². The highest BCUT2D eigenvalue weighted by atomic mass is 79.9. The van der Waals surface area contributed by atoms with Gasteiger partial charge in [-0.1, -0.05) is 15.9 Å². The van der Waals surface area contributed by atoms with Crippen LogP contribution in [0.15, 0.2) is 0 Å². The van der Waals surface area contributed by atoms with E-state index in [2.05, 4.69) is 15.9 Å². The van der Waals surface area contributed by atoms with Crippen LogP contribution in [-0.2, 0) is 9.53 Å². The summed E-state index contributed by atoms with van der Waals surface area (Å²) in [5.41, 5.74) is 0. The fraction of sp³-hybridized carbons (Fsp3) is 0.929. The highest BCUT2D eigenvalue weighted by Gasteiger charge is 2.67. The maximum atomic E-state index is 12.4. The minimum Gasteiger partial charge on any atom is -0.383 e. The number of fused-ring (bicyclic) bond motifs is 5. The molecule has 3 nitrogen and oxygen atoms in total. The molecule has 3 saturated carbocycles. The molecular weight excluding hydrogens is 294 g/mol. The van der Waals surface area contributed by atoms with Crippen molar-refractivity contribution in [1.82, 2.24) is 4.90 Å². The maximum Gasteiger partial charge on any atom is 0.226 e. The van der Waals surface area contributed by atoms with Crippen LogP contribution in [0.3, 0.4) is 0 Å². The van der Waals surface area contributed by atoms with Gasteiger partial charge in [-0.2, -0.15) is 0 Å². The summed E-state index contributed by atoms with van der Waals surface area (Å²) in [6.45, 7) is 1.40. The molecule has 18 heavy (non-hydrogen) atoms. The molecule has 0 aromatic rings. The minimum atomic E-state index is 0.242. The van der Waals surface area contributed by atoms with Crippen LogP contribution in [0.25, 0.3) is 0 Å². The predicted molar refractivity (Wildman–Crippen MR) is 73.5 cm³/mol. The van der Waals surface area contributed by atoms with Gasteiger partial charge in [0.1, 0.15) is 0 Å². The van der Waals surface area contributed by atoms with Crippen molar-refractivity contribution in [2.24, 2.45) is 29.6 Å². The van der Waals surface area contributed by atoms with Crippen LogP contribution >= 0.6 is 15.9 Å². The zero-order chi connectivity index (χ0) is 12.9. The summed E-state index contributed by atoms with van der Waals surface area (Å²) >= 11 is 3.55. The third-order valence-electron chi connectivity index (χ3n) is 5.22. The second kappa shape index (κ2) is 4.78. The van der Waals surface area contributed by atoms with Crippen molar-refractivity contribution < 1.29 is 9.53 Å². The largest absolute Gasteiger partial charge is 0.383 e. The van der Waals surface area contributed by atoms with E-state index < -0.39 is 0 Å². The van der Waals surface area contributed by atoms with E-state index in [1.807, 2.05) is 11.9 Å². The summed E-state index contributed by atoms with van der Waals surface area (Å²) < 4.78 is 5.09. The minimum absolute atomic E-state index is 0.242. The van der Waals surface area contributed by atoms with Gasteiger partial charge in [0.05, 0.1) is 11.4 Å². The Labute approximate surface area is 117 Å². The van der Waals surface area contributed by atoms with Gasteiger partial charge in [-0.25, -0.2) is 0 Å². The molecule has 3 rings (SSSR count). The van der Waals surface area contributed by atoms with Gasteiger partial charge in [0.15, 0.2) is 0 Å². The quantitative estimate of drug-likeness (QED) is 0.728. The Morgan fingerprint density at radius 2 is 2.00 bits per heavy atom. The zero-order valence-electron chi connectivity index (χ0n) is 11.1. The predicted octanol–water partition coefficient (Wildman–Crippen LogP) is 2.15. The zero-order valence-corrected chi connectivity index (χ0v) is 12.7. The van der Waals surface area contributed by atoms with Gasteiger partial charge in [0.25, 0.3) is 0 Å². The van der Waals surface area contributed by atoms with Crippen LogP contribution < -0.4 is 0 Å². The molecule has 0 radical (unpaired) electrons.